The molecule has 4 nitrogen and oxygen atoms in total. The molecule has 2 rings (SSSR count). The minimum atomic E-state index is 0.949. The SMILES string of the molecule is Cc1[nH]c2ccccc2c1C=NN=C=O. The van der Waals surface area contributed by atoms with E-state index in [-0.39, 0.29) is 0 Å². The van der Waals surface area contributed by atoms with Gasteiger partial charge in [0.15, 0.2) is 0 Å². The number of hydrogen-bond donors (Lipinski definition) is 1. The normalized spacial score (nSPS) is 10.7. The monoisotopic (exact) mass is 199 g/mol. The van der Waals surface area contributed by atoms with E-state index < -0.39 is 0 Å². The van der Waals surface area contributed by atoms with E-state index in [1.807, 2.05) is 31.2 Å². The van der Waals surface area contributed by atoms with Gasteiger partial charge in [0.2, 0.25) is 0 Å². The molecule has 0 amide bonds. The van der Waals surface area contributed by atoms with Crippen LogP contribution < -0.4 is 0 Å². The van der Waals surface area contributed by atoms with Crippen molar-refractivity contribution in [2.24, 2.45) is 10.2 Å². The van der Waals surface area contributed by atoms with E-state index in [0.29, 0.717) is 0 Å². The summed E-state index contributed by atoms with van der Waals surface area (Å²) in [5.41, 5.74) is 3.00. The summed E-state index contributed by atoms with van der Waals surface area (Å²) in [6, 6.07) is 7.90. The first kappa shape index (κ1) is 9.37. The van der Waals surface area contributed by atoms with Gasteiger partial charge in [-0.15, -0.1) is 5.10 Å². The summed E-state index contributed by atoms with van der Waals surface area (Å²) in [6.45, 7) is 1.95. The molecule has 0 aliphatic heterocycles. The molecule has 1 aromatic heterocycles. The molecule has 0 spiro atoms. The molecule has 0 saturated carbocycles. The van der Waals surface area contributed by atoms with Crippen LogP contribution in [0, 0.1) is 6.92 Å². The third-order valence-electron chi connectivity index (χ3n) is 2.23. The Bertz CT molecular complexity index is 562. The van der Waals surface area contributed by atoms with Crippen molar-refractivity contribution >= 4 is 23.2 Å². The molecule has 0 unspecified atom stereocenters. The number of carbonyl (C=O) groups excluding carboxylic acids is 1. The van der Waals surface area contributed by atoms with Gasteiger partial charge in [0.05, 0.1) is 6.21 Å². The fourth-order valence-corrected chi connectivity index (χ4v) is 1.57. The Labute approximate surface area is 86.3 Å². The summed E-state index contributed by atoms with van der Waals surface area (Å²) < 4.78 is 0. The van der Waals surface area contributed by atoms with Crippen molar-refractivity contribution in [2.75, 3.05) is 0 Å². The highest BCUT2D eigenvalue weighted by molar-refractivity contribution is 6.00. The van der Waals surface area contributed by atoms with Gasteiger partial charge in [-0.05, 0) is 13.0 Å². The smallest absolute Gasteiger partial charge is 0.260 e. The zero-order valence-corrected chi connectivity index (χ0v) is 8.19. The van der Waals surface area contributed by atoms with Crippen molar-refractivity contribution in [3.63, 3.8) is 0 Å². The van der Waals surface area contributed by atoms with E-state index in [2.05, 4.69) is 15.2 Å². The molecule has 74 valence electrons. The number of fused-ring (bicyclic) bond motifs is 1. The summed E-state index contributed by atoms with van der Waals surface area (Å²) in [4.78, 5) is 13.1. The molecule has 1 heterocycles. The highest BCUT2D eigenvalue weighted by Crippen LogP contribution is 2.19. The lowest BCUT2D eigenvalue weighted by Crippen LogP contribution is -1.81. The van der Waals surface area contributed by atoms with Gasteiger partial charge >= 0.3 is 0 Å². The predicted molar refractivity (Wildman–Crippen MR) is 58.8 cm³/mol. The van der Waals surface area contributed by atoms with Crippen LogP contribution in [-0.4, -0.2) is 17.3 Å². The van der Waals surface area contributed by atoms with Crippen LogP contribution in [0.25, 0.3) is 10.9 Å². The van der Waals surface area contributed by atoms with Crippen LogP contribution in [0.15, 0.2) is 34.5 Å². The summed E-state index contributed by atoms with van der Waals surface area (Å²) in [6.07, 6.45) is 2.92. The highest BCUT2D eigenvalue weighted by atomic mass is 16.1. The minimum Gasteiger partial charge on any atom is -0.358 e. The Morgan fingerprint density at radius 3 is 3.00 bits per heavy atom. The van der Waals surface area contributed by atoms with Gasteiger partial charge in [-0.2, -0.15) is 0 Å². The van der Waals surface area contributed by atoms with Crippen molar-refractivity contribution in [1.29, 1.82) is 0 Å². The van der Waals surface area contributed by atoms with E-state index in [4.69, 9.17) is 0 Å². The largest absolute Gasteiger partial charge is 0.358 e. The number of hydrogen-bond acceptors (Lipinski definition) is 3. The Kier molecular flexibility index (Phi) is 2.44. The molecule has 1 aromatic carbocycles. The van der Waals surface area contributed by atoms with Crippen molar-refractivity contribution in [3.05, 3.63) is 35.5 Å². The third-order valence-corrected chi connectivity index (χ3v) is 2.23. The maximum Gasteiger partial charge on any atom is 0.260 e. The van der Waals surface area contributed by atoms with E-state index in [0.717, 1.165) is 22.2 Å². The number of nitrogens with zero attached hydrogens (tertiary/aromatic N) is 2. The summed E-state index contributed by atoms with van der Waals surface area (Å²) in [7, 11) is 0. The number of aryl methyl sites for hydroxylation is 1. The van der Waals surface area contributed by atoms with Crippen molar-refractivity contribution in [3.8, 4) is 0 Å². The van der Waals surface area contributed by atoms with Crippen LogP contribution in [0.3, 0.4) is 0 Å². The molecule has 4 heteroatoms. The average Bonchev–Trinajstić information content (AvgIpc) is 2.56. The predicted octanol–water partition coefficient (Wildman–Crippen LogP) is 2.15. The second-order valence-electron chi connectivity index (χ2n) is 3.15. The number of aromatic amines is 1. The Hall–Kier alpha value is -2.19. The Morgan fingerprint density at radius 2 is 2.20 bits per heavy atom. The quantitative estimate of drug-likeness (QED) is 0.449. The molecule has 0 atom stereocenters. The first-order valence-corrected chi connectivity index (χ1v) is 4.50. The summed E-state index contributed by atoms with van der Waals surface area (Å²) >= 11 is 0. The zero-order chi connectivity index (χ0) is 10.7. The number of rotatable bonds is 2. The van der Waals surface area contributed by atoms with Gasteiger partial charge in [0, 0.05) is 22.2 Å². The number of para-hydroxylation sites is 1. The van der Waals surface area contributed by atoms with Gasteiger partial charge < -0.3 is 4.98 Å². The lowest BCUT2D eigenvalue weighted by atomic mass is 10.1. The third kappa shape index (κ3) is 1.71. The summed E-state index contributed by atoms with van der Waals surface area (Å²) in [5.74, 6) is 0. The van der Waals surface area contributed by atoms with Crippen molar-refractivity contribution in [1.82, 2.24) is 4.98 Å². The molecule has 0 saturated heterocycles. The molecule has 15 heavy (non-hydrogen) atoms. The number of nitrogens with one attached hydrogen (secondary N) is 1. The zero-order valence-electron chi connectivity index (χ0n) is 8.19. The van der Waals surface area contributed by atoms with Gasteiger partial charge in [0.1, 0.15) is 0 Å². The van der Waals surface area contributed by atoms with Crippen LogP contribution in [0.4, 0.5) is 0 Å². The lowest BCUT2D eigenvalue weighted by molar-refractivity contribution is 0.563. The van der Waals surface area contributed by atoms with Crippen molar-refractivity contribution in [2.45, 2.75) is 6.92 Å². The molecule has 1 N–H and O–H groups in total. The van der Waals surface area contributed by atoms with Gasteiger partial charge in [-0.1, -0.05) is 23.3 Å². The average molecular weight is 199 g/mol. The van der Waals surface area contributed by atoms with Crippen LogP contribution in [0.1, 0.15) is 11.3 Å². The van der Waals surface area contributed by atoms with Gasteiger partial charge in [0.25, 0.3) is 6.08 Å². The van der Waals surface area contributed by atoms with Crippen LogP contribution in [-0.2, 0) is 4.79 Å². The lowest BCUT2D eigenvalue weighted by Gasteiger charge is -1.89. The van der Waals surface area contributed by atoms with E-state index >= 15 is 0 Å². The molecule has 0 bridgehead atoms. The molecule has 2 aromatic rings. The molecule has 0 aliphatic rings. The van der Waals surface area contributed by atoms with Crippen LogP contribution >= 0.6 is 0 Å². The Balaban J connectivity index is 2.58. The molecule has 0 aliphatic carbocycles. The first-order chi connectivity index (χ1) is 7.33. The van der Waals surface area contributed by atoms with Crippen LogP contribution in [0.5, 0.6) is 0 Å². The fourth-order valence-electron chi connectivity index (χ4n) is 1.57. The topological polar surface area (TPSA) is 57.6 Å². The standard InChI is InChI=1S/C11H9N3O/c1-8-10(6-12-13-7-15)9-4-2-3-5-11(9)14-8/h2-6,14H,1H3. The molecule has 0 fully saturated rings. The number of benzene rings is 1. The second-order valence-corrected chi connectivity index (χ2v) is 3.15. The van der Waals surface area contributed by atoms with Crippen LogP contribution in [0.2, 0.25) is 0 Å². The molecule has 0 radical (unpaired) electrons. The van der Waals surface area contributed by atoms with E-state index in [9.17, 15) is 4.79 Å². The van der Waals surface area contributed by atoms with Gasteiger partial charge in [-0.3, -0.25) is 0 Å². The van der Waals surface area contributed by atoms with E-state index in [1.165, 1.54) is 6.08 Å². The maximum absolute atomic E-state index is 9.87. The maximum atomic E-state index is 9.87. The number of aromatic nitrogens is 1. The second kappa shape index (κ2) is 3.90. The van der Waals surface area contributed by atoms with Crippen molar-refractivity contribution < 1.29 is 4.79 Å². The number of isocyanates is 1. The minimum absolute atomic E-state index is 0.949. The van der Waals surface area contributed by atoms with Gasteiger partial charge in [-0.25, -0.2) is 4.79 Å². The Morgan fingerprint density at radius 1 is 1.40 bits per heavy atom. The summed E-state index contributed by atoms with van der Waals surface area (Å²) in [5, 5.41) is 7.81. The van der Waals surface area contributed by atoms with E-state index in [1.54, 1.807) is 6.21 Å². The number of H-pyrrole nitrogens is 1. The fraction of sp³-hybridized carbons (Fsp3) is 0.0909. The highest BCUT2D eigenvalue weighted by Gasteiger charge is 2.04. The first-order valence-electron chi connectivity index (χ1n) is 4.50. The molecular weight excluding hydrogens is 190 g/mol. The molecular formula is C11H9N3O.